The van der Waals surface area contributed by atoms with Crippen LogP contribution >= 0.6 is 15.9 Å². The molecular formula is C15H22BrNO3. The van der Waals surface area contributed by atoms with Crippen LogP contribution in [-0.2, 0) is 5.41 Å². The second-order valence-electron chi connectivity index (χ2n) is 5.36. The van der Waals surface area contributed by atoms with Crippen molar-refractivity contribution >= 4 is 15.9 Å². The van der Waals surface area contributed by atoms with Crippen LogP contribution < -0.4 is 15.2 Å². The third-order valence-corrected chi connectivity index (χ3v) is 4.93. The predicted molar refractivity (Wildman–Crippen MR) is 82.7 cm³/mol. The van der Waals surface area contributed by atoms with Crippen molar-refractivity contribution in [2.45, 2.75) is 37.5 Å². The number of halogens is 1. The molecule has 0 atom stereocenters. The van der Waals surface area contributed by atoms with Crippen LogP contribution in [0.5, 0.6) is 17.2 Å². The average Bonchev–Trinajstić information content (AvgIpc) is 2.49. The molecule has 3 N–H and O–H groups in total. The molecule has 112 valence electrons. The number of hydrogen-bond acceptors (Lipinski definition) is 4. The highest BCUT2D eigenvalue weighted by Gasteiger charge is 2.39. The van der Waals surface area contributed by atoms with Crippen molar-refractivity contribution in [1.29, 1.82) is 0 Å². The zero-order chi connectivity index (χ0) is 14.8. The zero-order valence-corrected chi connectivity index (χ0v) is 13.6. The van der Waals surface area contributed by atoms with Gasteiger partial charge in [-0.1, -0.05) is 19.3 Å². The Morgan fingerprint density at radius 1 is 1.25 bits per heavy atom. The van der Waals surface area contributed by atoms with Gasteiger partial charge < -0.3 is 20.3 Å². The first-order valence-corrected chi connectivity index (χ1v) is 7.73. The molecule has 0 amide bonds. The lowest BCUT2D eigenvalue weighted by molar-refractivity contribution is 0.270. The van der Waals surface area contributed by atoms with E-state index in [1.54, 1.807) is 20.3 Å². The molecule has 0 unspecified atom stereocenters. The van der Waals surface area contributed by atoms with Gasteiger partial charge in [0.15, 0.2) is 11.5 Å². The molecule has 1 aliphatic rings. The molecule has 4 nitrogen and oxygen atoms in total. The Morgan fingerprint density at radius 3 is 2.40 bits per heavy atom. The van der Waals surface area contributed by atoms with E-state index in [1.807, 2.05) is 0 Å². The van der Waals surface area contributed by atoms with Crippen molar-refractivity contribution in [3.8, 4) is 17.2 Å². The van der Waals surface area contributed by atoms with Gasteiger partial charge in [0.2, 0.25) is 0 Å². The first-order valence-electron chi connectivity index (χ1n) is 6.93. The number of hydrogen-bond donors (Lipinski definition) is 2. The fourth-order valence-electron chi connectivity index (χ4n) is 3.23. The molecule has 0 radical (unpaired) electrons. The summed E-state index contributed by atoms with van der Waals surface area (Å²) in [5, 5.41) is 10.5. The summed E-state index contributed by atoms with van der Waals surface area (Å²) in [4.78, 5) is 0. The SMILES string of the molecule is COc1cc(Br)c(O)c(C2(CN)CCCCC2)c1OC. The third-order valence-electron chi connectivity index (χ3n) is 4.33. The third kappa shape index (κ3) is 2.49. The van der Waals surface area contributed by atoms with Gasteiger partial charge in [-0.3, -0.25) is 0 Å². The van der Waals surface area contributed by atoms with Gasteiger partial charge in [-0.05, 0) is 28.8 Å². The van der Waals surface area contributed by atoms with Crippen molar-refractivity contribution in [2.24, 2.45) is 5.73 Å². The molecule has 0 aromatic heterocycles. The quantitative estimate of drug-likeness (QED) is 0.879. The minimum Gasteiger partial charge on any atom is -0.506 e. The molecule has 1 aromatic carbocycles. The van der Waals surface area contributed by atoms with Crippen LogP contribution in [0.1, 0.15) is 37.7 Å². The Balaban J connectivity index is 2.66. The highest BCUT2D eigenvalue weighted by atomic mass is 79.9. The number of rotatable bonds is 4. The summed E-state index contributed by atoms with van der Waals surface area (Å²) in [5.74, 6) is 1.43. The number of ether oxygens (including phenoxy) is 2. The molecule has 0 spiro atoms. The molecule has 0 bridgehead atoms. The molecule has 0 saturated heterocycles. The summed E-state index contributed by atoms with van der Waals surface area (Å²) in [5.41, 5.74) is 6.64. The van der Waals surface area contributed by atoms with Gasteiger partial charge in [-0.2, -0.15) is 0 Å². The summed E-state index contributed by atoms with van der Waals surface area (Å²) in [6, 6.07) is 1.73. The minimum absolute atomic E-state index is 0.218. The van der Waals surface area contributed by atoms with E-state index < -0.39 is 0 Å². The molecular weight excluding hydrogens is 322 g/mol. The van der Waals surface area contributed by atoms with Crippen LogP contribution in [0.25, 0.3) is 0 Å². The van der Waals surface area contributed by atoms with Crippen LogP contribution in [0.15, 0.2) is 10.5 Å². The molecule has 20 heavy (non-hydrogen) atoms. The molecule has 2 rings (SSSR count). The summed E-state index contributed by atoms with van der Waals surface area (Å²) >= 11 is 3.39. The van der Waals surface area contributed by atoms with Crippen molar-refractivity contribution in [3.05, 3.63) is 16.1 Å². The number of phenolic OH excluding ortho intramolecular Hbond substituents is 1. The number of methoxy groups -OCH3 is 2. The van der Waals surface area contributed by atoms with Crippen LogP contribution in [0.2, 0.25) is 0 Å². The maximum absolute atomic E-state index is 10.5. The molecule has 1 aromatic rings. The second-order valence-corrected chi connectivity index (χ2v) is 6.22. The van der Waals surface area contributed by atoms with E-state index in [9.17, 15) is 5.11 Å². The Morgan fingerprint density at radius 2 is 1.90 bits per heavy atom. The van der Waals surface area contributed by atoms with E-state index in [2.05, 4.69) is 15.9 Å². The maximum Gasteiger partial charge on any atom is 0.168 e. The van der Waals surface area contributed by atoms with E-state index in [1.165, 1.54) is 6.42 Å². The largest absolute Gasteiger partial charge is 0.506 e. The number of benzene rings is 1. The summed E-state index contributed by atoms with van der Waals surface area (Å²) in [6.07, 6.45) is 5.39. The molecule has 0 aliphatic heterocycles. The van der Waals surface area contributed by atoms with Gasteiger partial charge in [0.05, 0.1) is 18.7 Å². The minimum atomic E-state index is -0.231. The van der Waals surface area contributed by atoms with Crippen molar-refractivity contribution in [1.82, 2.24) is 0 Å². The molecule has 5 heteroatoms. The summed E-state index contributed by atoms with van der Waals surface area (Å²) in [6.45, 7) is 0.497. The normalized spacial score (nSPS) is 17.8. The standard InChI is InChI=1S/C15H22BrNO3/c1-19-11-8-10(16)13(18)12(14(11)20-2)15(9-17)6-4-3-5-7-15/h8,18H,3-7,9,17H2,1-2H3. The van der Waals surface area contributed by atoms with Gasteiger partial charge in [-0.25, -0.2) is 0 Å². The van der Waals surface area contributed by atoms with Gasteiger partial charge in [0, 0.05) is 23.6 Å². The highest BCUT2D eigenvalue weighted by molar-refractivity contribution is 9.10. The lowest BCUT2D eigenvalue weighted by Gasteiger charge is -2.38. The smallest absolute Gasteiger partial charge is 0.168 e. The fraction of sp³-hybridized carbons (Fsp3) is 0.600. The van der Waals surface area contributed by atoms with Crippen LogP contribution in [0, 0.1) is 0 Å². The topological polar surface area (TPSA) is 64.7 Å². The molecule has 1 aliphatic carbocycles. The van der Waals surface area contributed by atoms with Crippen molar-refractivity contribution in [3.63, 3.8) is 0 Å². The van der Waals surface area contributed by atoms with Gasteiger partial charge in [-0.15, -0.1) is 0 Å². The lowest BCUT2D eigenvalue weighted by Crippen LogP contribution is -2.37. The summed E-state index contributed by atoms with van der Waals surface area (Å²) in [7, 11) is 3.20. The van der Waals surface area contributed by atoms with E-state index in [0.29, 0.717) is 22.5 Å². The van der Waals surface area contributed by atoms with Gasteiger partial charge in [0.1, 0.15) is 5.75 Å². The predicted octanol–water partition coefficient (Wildman–Crippen LogP) is 3.33. The Labute approximate surface area is 128 Å². The second kappa shape index (κ2) is 6.22. The Bertz CT molecular complexity index is 484. The average molecular weight is 344 g/mol. The van der Waals surface area contributed by atoms with Crippen molar-refractivity contribution < 1.29 is 14.6 Å². The fourth-order valence-corrected chi connectivity index (χ4v) is 3.64. The molecule has 1 saturated carbocycles. The van der Waals surface area contributed by atoms with Crippen LogP contribution in [-0.4, -0.2) is 25.9 Å². The number of nitrogens with two attached hydrogens (primary N) is 1. The van der Waals surface area contributed by atoms with Gasteiger partial charge >= 0.3 is 0 Å². The molecule has 0 heterocycles. The van der Waals surface area contributed by atoms with E-state index in [4.69, 9.17) is 15.2 Å². The first-order chi connectivity index (χ1) is 9.59. The maximum atomic E-state index is 10.5. The van der Waals surface area contributed by atoms with E-state index in [-0.39, 0.29) is 11.2 Å². The number of aromatic hydroxyl groups is 1. The van der Waals surface area contributed by atoms with Crippen molar-refractivity contribution in [2.75, 3.05) is 20.8 Å². The van der Waals surface area contributed by atoms with Gasteiger partial charge in [0.25, 0.3) is 0 Å². The summed E-state index contributed by atoms with van der Waals surface area (Å²) < 4.78 is 11.5. The monoisotopic (exact) mass is 343 g/mol. The zero-order valence-electron chi connectivity index (χ0n) is 12.0. The Kier molecular flexibility index (Phi) is 4.81. The van der Waals surface area contributed by atoms with Crippen LogP contribution in [0.3, 0.4) is 0 Å². The highest BCUT2D eigenvalue weighted by Crippen LogP contribution is 2.52. The van der Waals surface area contributed by atoms with Crippen LogP contribution in [0.4, 0.5) is 0 Å². The Hall–Kier alpha value is -0.940. The lowest BCUT2D eigenvalue weighted by atomic mass is 9.68. The molecule has 1 fully saturated rings. The van der Waals surface area contributed by atoms with E-state index >= 15 is 0 Å². The van der Waals surface area contributed by atoms with E-state index in [0.717, 1.165) is 31.2 Å². The number of phenols is 1. The first kappa shape index (κ1) is 15.4.